The van der Waals surface area contributed by atoms with Gasteiger partial charge in [0, 0.05) is 5.56 Å². The highest BCUT2D eigenvalue weighted by atomic mass is 16.5. The normalized spacial score (nSPS) is 11.3. The van der Waals surface area contributed by atoms with Crippen molar-refractivity contribution < 1.29 is 14.6 Å². The molecule has 0 spiro atoms. The van der Waals surface area contributed by atoms with E-state index in [2.05, 4.69) is 133 Å². The summed E-state index contributed by atoms with van der Waals surface area (Å²) in [5, 5.41) is 22.3. The van der Waals surface area contributed by atoms with Crippen LogP contribution in [0.3, 0.4) is 0 Å². The fourth-order valence-corrected chi connectivity index (χ4v) is 8.46. The second-order valence-electron chi connectivity index (χ2n) is 14.4. The topological polar surface area (TPSA) is 46.5 Å². The summed E-state index contributed by atoms with van der Waals surface area (Å²) in [5.41, 5.74) is 6.67. The van der Waals surface area contributed by atoms with Gasteiger partial charge in [-0.2, -0.15) is 0 Å². The zero-order valence-electron chi connectivity index (χ0n) is 31.8. The predicted octanol–water partition coefficient (Wildman–Crippen LogP) is 13.3. The Balaban J connectivity index is 0.000000160. The van der Waals surface area contributed by atoms with Crippen LogP contribution in [0.15, 0.2) is 218 Å². The number of fused-ring (bicyclic) bond motifs is 6. The van der Waals surface area contributed by atoms with Gasteiger partial charge in [-0.15, -0.1) is 0 Å². The Hall–Kier alpha value is -7.33. The minimum Gasteiger partial charge on any atom is -0.463 e. The average molecular weight is 749 g/mol. The molecular weight excluding hydrogens is 709 g/mol. The fraction of sp³-hybridized carbons (Fsp3) is 0.0364. The highest BCUT2D eigenvalue weighted by molar-refractivity contribution is 6.15. The highest BCUT2D eigenvalue weighted by Crippen LogP contribution is 2.44. The van der Waals surface area contributed by atoms with Crippen LogP contribution in [0.2, 0.25) is 0 Å². The minimum absolute atomic E-state index is 0.279. The van der Waals surface area contributed by atoms with Gasteiger partial charge in [-0.3, -0.25) is 4.79 Å². The highest BCUT2D eigenvalue weighted by Gasteiger charge is 2.36. The van der Waals surface area contributed by atoms with Crippen LogP contribution in [-0.2, 0) is 21.7 Å². The molecule has 0 aliphatic rings. The van der Waals surface area contributed by atoms with Crippen LogP contribution < -0.4 is 0 Å². The van der Waals surface area contributed by atoms with Gasteiger partial charge in [0.25, 0.3) is 6.47 Å². The number of carbonyl (C=O) groups is 1. The lowest BCUT2D eigenvalue weighted by Crippen LogP contribution is -2.29. The zero-order chi connectivity index (χ0) is 39.3. The van der Waals surface area contributed by atoms with Gasteiger partial charge < -0.3 is 9.84 Å². The van der Waals surface area contributed by atoms with E-state index in [-0.39, 0.29) is 6.61 Å². The standard InChI is InChI=1S/C33H24O.C22H16O2/c34-33(25-14-3-1-4-15-25,26-16-5-2-6-17-26)32-22-12-11-21-30(32)31-23-24-13-7-8-18-27(24)28-19-9-10-20-29(28)31;23-15-24-14-17-8-2-4-10-19(17)22-13-16-7-1-3-9-18(16)20-11-5-6-12-21(20)22/h1-23,34H;1-13,15H,14H2. The van der Waals surface area contributed by atoms with Crippen molar-refractivity contribution in [3.8, 4) is 22.3 Å². The van der Waals surface area contributed by atoms with Crippen LogP contribution in [0.1, 0.15) is 22.3 Å². The zero-order valence-corrected chi connectivity index (χ0v) is 31.8. The Labute approximate surface area is 338 Å². The molecule has 278 valence electrons. The maximum atomic E-state index is 12.6. The second kappa shape index (κ2) is 16.0. The van der Waals surface area contributed by atoms with Crippen molar-refractivity contribution in [3.63, 3.8) is 0 Å². The van der Waals surface area contributed by atoms with Crippen molar-refractivity contribution in [2.24, 2.45) is 0 Å². The molecule has 0 heterocycles. The van der Waals surface area contributed by atoms with Crippen molar-refractivity contribution in [3.05, 3.63) is 241 Å². The molecule has 10 rings (SSSR count). The molecule has 3 nitrogen and oxygen atoms in total. The molecule has 0 bridgehead atoms. The third-order valence-electron chi connectivity index (χ3n) is 11.1. The molecule has 10 aromatic carbocycles. The van der Waals surface area contributed by atoms with E-state index < -0.39 is 5.60 Å². The quantitative estimate of drug-likeness (QED) is 0.0956. The summed E-state index contributed by atoms with van der Waals surface area (Å²) in [6.45, 7) is 0.774. The molecule has 0 unspecified atom stereocenters. The molecule has 0 aliphatic heterocycles. The Bertz CT molecular complexity index is 3000. The monoisotopic (exact) mass is 748 g/mol. The summed E-state index contributed by atoms with van der Waals surface area (Å²) >= 11 is 0. The fourth-order valence-electron chi connectivity index (χ4n) is 8.46. The smallest absolute Gasteiger partial charge is 0.293 e. The molecule has 0 fully saturated rings. The number of ether oxygens (including phenoxy) is 1. The van der Waals surface area contributed by atoms with E-state index in [1.165, 1.54) is 43.1 Å². The molecule has 0 atom stereocenters. The van der Waals surface area contributed by atoms with Crippen LogP contribution in [0.5, 0.6) is 0 Å². The number of hydrogen-bond donors (Lipinski definition) is 1. The number of carbonyl (C=O) groups excluding carboxylic acids is 1. The number of benzene rings is 10. The van der Waals surface area contributed by atoms with Crippen molar-refractivity contribution in [1.82, 2.24) is 0 Å². The summed E-state index contributed by atoms with van der Waals surface area (Å²) in [6.07, 6.45) is 0. The molecule has 58 heavy (non-hydrogen) atoms. The molecule has 0 aromatic heterocycles. The second-order valence-corrected chi connectivity index (χ2v) is 14.4. The molecule has 0 saturated heterocycles. The van der Waals surface area contributed by atoms with E-state index in [0.29, 0.717) is 6.47 Å². The molecule has 10 aromatic rings. The van der Waals surface area contributed by atoms with E-state index in [9.17, 15) is 9.90 Å². The van der Waals surface area contributed by atoms with Gasteiger partial charge in [0.05, 0.1) is 0 Å². The Morgan fingerprint density at radius 2 is 0.793 bits per heavy atom. The third-order valence-corrected chi connectivity index (χ3v) is 11.1. The Morgan fingerprint density at radius 3 is 1.33 bits per heavy atom. The van der Waals surface area contributed by atoms with Crippen LogP contribution in [0.25, 0.3) is 65.3 Å². The van der Waals surface area contributed by atoms with Crippen molar-refractivity contribution in [2.45, 2.75) is 12.2 Å². The van der Waals surface area contributed by atoms with Crippen LogP contribution in [0, 0.1) is 0 Å². The van der Waals surface area contributed by atoms with E-state index in [1.807, 2.05) is 84.9 Å². The van der Waals surface area contributed by atoms with Gasteiger partial charge in [-0.25, -0.2) is 0 Å². The van der Waals surface area contributed by atoms with Gasteiger partial charge in [0.15, 0.2) is 0 Å². The minimum atomic E-state index is -1.30. The lowest BCUT2D eigenvalue weighted by atomic mass is 9.76. The lowest BCUT2D eigenvalue weighted by molar-refractivity contribution is -0.129. The number of aliphatic hydroxyl groups is 1. The first-order valence-corrected chi connectivity index (χ1v) is 19.5. The summed E-state index contributed by atoms with van der Waals surface area (Å²) in [7, 11) is 0. The van der Waals surface area contributed by atoms with Crippen molar-refractivity contribution in [1.29, 1.82) is 0 Å². The average Bonchev–Trinajstić information content (AvgIpc) is 3.31. The van der Waals surface area contributed by atoms with Gasteiger partial charge in [-0.1, -0.05) is 206 Å². The van der Waals surface area contributed by atoms with Crippen LogP contribution >= 0.6 is 0 Å². The first-order chi connectivity index (χ1) is 28.6. The molecule has 0 radical (unpaired) electrons. The van der Waals surface area contributed by atoms with E-state index in [4.69, 9.17) is 4.74 Å². The number of rotatable bonds is 8. The van der Waals surface area contributed by atoms with Gasteiger partial charge >= 0.3 is 0 Å². The van der Waals surface area contributed by atoms with E-state index in [1.54, 1.807) is 0 Å². The predicted molar refractivity (Wildman–Crippen MR) is 240 cm³/mol. The van der Waals surface area contributed by atoms with E-state index in [0.717, 1.165) is 44.5 Å². The largest absolute Gasteiger partial charge is 0.463 e. The maximum absolute atomic E-state index is 12.6. The summed E-state index contributed by atoms with van der Waals surface area (Å²) in [6, 6.07) is 74.6. The summed E-state index contributed by atoms with van der Waals surface area (Å²) < 4.78 is 5.00. The van der Waals surface area contributed by atoms with Crippen LogP contribution in [-0.4, -0.2) is 11.6 Å². The van der Waals surface area contributed by atoms with E-state index >= 15 is 0 Å². The number of hydrogen-bond acceptors (Lipinski definition) is 3. The van der Waals surface area contributed by atoms with Gasteiger partial charge in [-0.05, 0) is 94.2 Å². The maximum Gasteiger partial charge on any atom is 0.293 e. The first-order valence-electron chi connectivity index (χ1n) is 19.5. The first kappa shape index (κ1) is 36.3. The van der Waals surface area contributed by atoms with Crippen LogP contribution in [0.4, 0.5) is 0 Å². The summed E-state index contributed by atoms with van der Waals surface area (Å²) in [4.78, 5) is 10.6. The van der Waals surface area contributed by atoms with Gasteiger partial charge in [0.2, 0.25) is 0 Å². The van der Waals surface area contributed by atoms with Crippen molar-refractivity contribution in [2.75, 3.05) is 0 Å². The molecule has 0 aliphatic carbocycles. The molecule has 0 amide bonds. The molecule has 3 heteroatoms. The SMILES string of the molecule is O=COCc1ccccc1-c1cc2ccccc2c2ccccc12.OC(c1ccccc1)(c1ccccc1)c1ccccc1-c1cc2ccccc2c2ccccc12. The van der Waals surface area contributed by atoms with Crippen molar-refractivity contribution >= 4 is 49.6 Å². The Morgan fingerprint density at radius 1 is 0.397 bits per heavy atom. The molecule has 0 saturated carbocycles. The molecular formula is C55H40O3. The van der Waals surface area contributed by atoms with Gasteiger partial charge in [0.1, 0.15) is 12.2 Å². The lowest BCUT2D eigenvalue weighted by Gasteiger charge is -2.32. The Kier molecular flexibility index (Phi) is 10.0. The molecule has 1 N–H and O–H groups in total. The third kappa shape index (κ3) is 6.68. The summed E-state index contributed by atoms with van der Waals surface area (Å²) in [5.74, 6) is 0.